The van der Waals surface area contributed by atoms with Crippen LogP contribution in [0.5, 0.6) is 17.4 Å². The van der Waals surface area contributed by atoms with Crippen molar-refractivity contribution in [3.8, 4) is 17.4 Å². The van der Waals surface area contributed by atoms with Gasteiger partial charge in [-0.25, -0.2) is 9.78 Å². The minimum atomic E-state index is -1.03. The molecule has 0 saturated carbocycles. The number of carbonyl (C=O) groups is 1. The van der Waals surface area contributed by atoms with Crippen molar-refractivity contribution in [1.29, 1.82) is 0 Å². The first-order chi connectivity index (χ1) is 9.95. The largest absolute Gasteiger partial charge is 0.479 e. The highest BCUT2D eigenvalue weighted by atomic mass is 35.5. The van der Waals surface area contributed by atoms with E-state index in [-0.39, 0.29) is 18.3 Å². The Hall–Kier alpha value is -1.69. The number of aliphatic carboxylic acids is 1. The third kappa shape index (κ3) is 4.94. The van der Waals surface area contributed by atoms with Gasteiger partial charge < -0.3 is 14.6 Å². The van der Waals surface area contributed by atoms with Crippen LogP contribution < -0.4 is 9.47 Å². The van der Waals surface area contributed by atoms with E-state index in [0.29, 0.717) is 21.5 Å². The molecule has 8 heteroatoms. The van der Waals surface area contributed by atoms with Crippen LogP contribution >= 0.6 is 35.6 Å². The molecule has 2 rings (SSSR count). The number of benzene rings is 1. The summed E-state index contributed by atoms with van der Waals surface area (Å²) >= 11 is 11.7. The van der Waals surface area contributed by atoms with Crippen LogP contribution in [0.25, 0.3) is 0 Å². The van der Waals surface area contributed by atoms with Gasteiger partial charge in [0.05, 0.1) is 5.02 Å². The number of hydrogen-bond donors (Lipinski definition) is 1. The summed E-state index contributed by atoms with van der Waals surface area (Å²) in [5.74, 6) is 0.107. The summed E-state index contributed by atoms with van der Waals surface area (Å²) in [4.78, 5) is 14.7. The molecule has 1 aromatic heterocycles. The van der Waals surface area contributed by atoms with E-state index in [1.165, 1.54) is 19.2 Å². The predicted octanol–water partition coefficient (Wildman–Crippen LogP) is 4.45. The fourth-order valence-electron chi connectivity index (χ4n) is 1.43. The van der Waals surface area contributed by atoms with Crippen molar-refractivity contribution >= 4 is 41.6 Å². The molecule has 0 aliphatic rings. The Bertz CT molecular complexity index is 649. The molecule has 0 aliphatic heterocycles. The summed E-state index contributed by atoms with van der Waals surface area (Å²) in [6.07, 6.45) is 0.499. The van der Waals surface area contributed by atoms with E-state index in [0.717, 1.165) is 0 Å². The number of halogens is 3. The lowest BCUT2D eigenvalue weighted by molar-refractivity contribution is -0.144. The molecule has 0 saturated heterocycles. The Labute approximate surface area is 143 Å². The van der Waals surface area contributed by atoms with Crippen LogP contribution in [0, 0.1) is 0 Å². The number of hydrogen-bond acceptors (Lipinski definition) is 4. The first-order valence-corrected chi connectivity index (χ1v) is 6.69. The SMILES string of the molecule is C[C@@H](Oc1ccc(Oc2ncc(Cl)cc2Cl)cc1)C(=O)O.Cl. The molecule has 0 aliphatic carbocycles. The standard InChI is InChI=1S/C14H11Cl2NO4.ClH/c1-8(14(18)19)20-10-2-4-11(5-3-10)21-13-12(16)6-9(15)7-17-13;/h2-8H,1H3,(H,18,19);1H/t8-;/m1./s1. The normalized spacial score (nSPS) is 11.2. The van der Waals surface area contributed by atoms with Crippen LogP contribution in [0.2, 0.25) is 10.0 Å². The van der Waals surface area contributed by atoms with Gasteiger partial charge in [-0.05, 0) is 37.3 Å². The van der Waals surface area contributed by atoms with Crippen LogP contribution in [0.1, 0.15) is 6.92 Å². The molecule has 0 bridgehead atoms. The fourth-order valence-corrected chi connectivity index (χ4v) is 1.85. The lowest BCUT2D eigenvalue weighted by Crippen LogP contribution is -2.22. The molecule has 0 amide bonds. The lowest BCUT2D eigenvalue weighted by Gasteiger charge is -2.11. The number of nitrogens with zero attached hydrogens (tertiary/aromatic N) is 1. The summed E-state index contributed by atoms with van der Waals surface area (Å²) in [6.45, 7) is 1.45. The van der Waals surface area contributed by atoms with Crippen molar-refractivity contribution in [2.75, 3.05) is 0 Å². The van der Waals surface area contributed by atoms with Crippen molar-refractivity contribution in [1.82, 2.24) is 4.98 Å². The van der Waals surface area contributed by atoms with E-state index in [4.69, 9.17) is 37.8 Å². The van der Waals surface area contributed by atoms with Gasteiger partial charge in [0.1, 0.15) is 16.5 Å². The second kappa shape index (κ2) is 8.08. The Morgan fingerprint density at radius 3 is 2.36 bits per heavy atom. The maximum Gasteiger partial charge on any atom is 0.344 e. The molecule has 118 valence electrons. The summed E-state index contributed by atoms with van der Waals surface area (Å²) in [6, 6.07) is 7.96. The van der Waals surface area contributed by atoms with Gasteiger partial charge in [-0.3, -0.25) is 0 Å². The summed E-state index contributed by atoms with van der Waals surface area (Å²) in [5.41, 5.74) is 0. The van der Waals surface area contributed by atoms with E-state index in [9.17, 15) is 4.79 Å². The van der Waals surface area contributed by atoms with Gasteiger partial charge in [0.25, 0.3) is 0 Å². The number of pyridine rings is 1. The van der Waals surface area contributed by atoms with Crippen LogP contribution in [0.3, 0.4) is 0 Å². The van der Waals surface area contributed by atoms with E-state index < -0.39 is 12.1 Å². The van der Waals surface area contributed by atoms with Gasteiger partial charge in [0.15, 0.2) is 6.10 Å². The molecule has 22 heavy (non-hydrogen) atoms. The molecule has 0 radical (unpaired) electrons. The molecular weight excluding hydrogens is 353 g/mol. The highest BCUT2D eigenvalue weighted by Gasteiger charge is 2.12. The second-order valence-electron chi connectivity index (χ2n) is 4.11. The molecule has 1 atom stereocenters. The second-order valence-corrected chi connectivity index (χ2v) is 4.96. The average Bonchev–Trinajstić information content (AvgIpc) is 2.43. The topological polar surface area (TPSA) is 68.7 Å². The highest BCUT2D eigenvalue weighted by molar-refractivity contribution is 6.35. The summed E-state index contributed by atoms with van der Waals surface area (Å²) in [7, 11) is 0. The molecule has 1 heterocycles. The van der Waals surface area contributed by atoms with Gasteiger partial charge in [0, 0.05) is 6.20 Å². The average molecular weight is 365 g/mol. The number of aromatic nitrogens is 1. The molecule has 0 unspecified atom stereocenters. The Balaban J connectivity index is 0.00000242. The van der Waals surface area contributed by atoms with Gasteiger partial charge in [0.2, 0.25) is 5.88 Å². The minimum absolute atomic E-state index is 0. The molecule has 1 aromatic carbocycles. The van der Waals surface area contributed by atoms with Gasteiger partial charge in [-0.2, -0.15) is 0 Å². The predicted molar refractivity (Wildman–Crippen MR) is 85.7 cm³/mol. The van der Waals surface area contributed by atoms with Crippen LogP contribution in [0.15, 0.2) is 36.5 Å². The van der Waals surface area contributed by atoms with Crippen molar-refractivity contribution in [3.05, 3.63) is 46.6 Å². The quantitative estimate of drug-likeness (QED) is 0.848. The first-order valence-electron chi connectivity index (χ1n) is 5.94. The van der Waals surface area contributed by atoms with Crippen LogP contribution in [-0.2, 0) is 4.79 Å². The number of rotatable bonds is 5. The van der Waals surface area contributed by atoms with Crippen LogP contribution in [0.4, 0.5) is 0 Å². The molecular formula is C14H12Cl3NO4. The van der Waals surface area contributed by atoms with E-state index in [2.05, 4.69) is 4.98 Å². The molecule has 5 nitrogen and oxygen atoms in total. The first kappa shape index (κ1) is 18.4. The lowest BCUT2D eigenvalue weighted by atomic mass is 10.3. The van der Waals surface area contributed by atoms with Crippen LogP contribution in [-0.4, -0.2) is 22.2 Å². The smallest absolute Gasteiger partial charge is 0.344 e. The van der Waals surface area contributed by atoms with Crippen molar-refractivity contribution in [2.45, 2.75) is 13.0 Å². The van der Waals surface area contributed by atoms with E-state index in [1.54, 1.807) is 24.3 Å². The Morgan fingerprint density at radius 2 is 1.82 bits per heavy atom. The van der Waals surface area contributed by atoms with Gasteiger partial charge in [-0.15, -0.1) is 12.4 Å². The monoisotopic (exact) mass is 363 g/mol. The summed E-state index contributed by atoms with van der Waals surface area (Å²) < 4.78 is 10.7. The van der Waals surface area contributed by atoms with E-state index in [1.807, 2.05) is 0 Å². The Kier molecular flexibility index (Phi) is 6.74. The van der Waals surface area contributed by atoms with Crippen molar-refractivity contribution in [2.24, 2.45) is 0 Å². The van der Waals surface area contributed by atoms with E-state index >= 15 is 0 Å². The number of carboxylic acid groups (broad SMARTS) is 1. The molecule has 0 spiro atoms. The zero-order chi connectivity index (χ0) is 15.4. The third-order valence-electron chi connectivity index (χ3n) is 2.47. The maximum atomic E-state index is 10.7. The number of carboxylic acids is 1. The zero-order valence-corrected chi connectivity index (χ0v) is 13.7. The van der Waals surface area contributed by atoms with Gasteiger partial charge >= 0.3 is 5.97 Å². The van der Waals surface area contributed by atoms with Crippen molar-refractivity contribution in [3.63, 3.8) is 0 Å². The zero-order valence-electron chi connectivity index (χ0n) is 11.3. The molecule has 2 aromatic rings. The van der Waals surface area contributed by atoms with Crippen molar-refractivity contribution < 1.29 is 19.4 Å². The molecule has 0 fully saturated rings. The summed E-state index contributed by atoms with van der Waals surface area (Å²) in [5, 5.41) is 9.47. The number of ether oxygens (including phenoxy) is 2. The highest BCUT2D eigenvalue weighted by Crippen LogP contribution is 2.29. The van der Waals surface area contributed by atoms with Gasteiger partial charge in [-0.1, -0.05) is 23.2 Å². The maximum absolute atomic E-state index is 10.7. The minimum Gasteiger partial charge on any atom is -0.479 e. The Morgan fingerprint density at radius 1 is 1.23 bits per heavy atom. The molecule has 1 N–H and O–H groups in total. The fraction of sp³-hybridized carbons (Fsp3) is 0.143. The third-order valence-corrected chi connectivity index (χ3v) is 2.95.